The van der Waals surface area contributed by atoms with Crippen molar-refractivity contribution in [3.8, 4) is 5.75 Å². The van der Waals surface area contributed by atoms with Gasteiger partial charge in [-0.25, -0.2) is 18.7 Å². The summed E-state index contributed by atoms with van der Waals surface area (Å²) in [6.07, 6.45) is 0.844. The second-order valence-electron chi connectivity index (χ2n) is 8.34. The predicted molar refractivity (Wildman–Crippen MR) is 130 cm³/mol. The summed E-state index contributed by atoms with van der Waals surface area (Å²) in [6.45, 7) is -3.22. The predicted octanol–water partition coefficient (Wildman–Crippen LogP) is 2.77. The van der Waals surface area contributed by atoms with Crippen LogP contribution in [0.5, 0.6) is 5.75 Å². The highest BCUT2D eigenvalue weighted by Crippen LogP contribution is 2.20. The van der Waals surface area contributed by atoms with E-state index in [2.05, 4.69) is 25.5 Å². The Balaban J connectivity index is 1.36. The van der Waals surface area contributed by atoms with Crippen LogP contribution < -0.4 is 21.1 Å². The highest BCUT2D eigenvalue weighted by atomic mass is 19.3. The first-order chi connectivity index (χ1) is 18.7. The molecule has 0 fully saturated rings. The number of rotatable bonds is 8. The minimum Gasteiger partial charge on any atom is -0.434 e. The Bertz CT molecular complexity index is 1780. The van der Waals surface area contributed by atoms with Gasteiger partial charge in [0, 0.05) is 31.8 Å². The molecule has 0 aliphatic rings. The Morgan fingerprint density at radius 2 is 1.85 bits per heavy atom. The van der Waals surface area contributed by atoms with Gasteiger partial charge in [0.05, 0.1) is 11.7 Å². The minimum absolute atomic E-state index is 0.0329. The molecule has 0 aliphatic carbocycles. The number of hydrogen-bond donors (Lipinski definition) is 2. The average Bonchev–Trinajstić information content (AvgIpc) is 3.43. The molecule has 0 saturated carbocycles. The van der Waals surface area contributed by atoms with Gasteiger partial charge < -0.3 is 19.8 Å². The zero-order valence-corrected chi connectivity index (χ0v) is 20.2. The van der Waals surface area contributed by atoms with Crippen LogP contribution in [0, 0.1) is 5.82 Å². The molecule has 200 valence electrons. The molecular formula is C25H19F3N6O5. The lowest BCUT2D eigenvalue weighted by molar-refractivity contribution is -0.0504. The van der Waals surface area contributed by atoms with E-state index >= 15 is 0 Å². The molecule has 3 heterocycles. The second-order valence-corrected chi connectivity index (χ2v) is 8.34. The van der Waals surface area contributed by atoms with E-state index in [1.807, 2.05) is 0 Å². The van der Waals surface area contributed by atoms with Gasteiger partial charge in [-0.2, -0.15) is 13.9 Å². The molecule has 3 aromatic heterocycles. The molecule has 0 spiro atoms. The fourth-order valence-corrected chi connectivity index (χ4v) is 3.90. The molecule has 0 unspecified atom stereocenters. The van der Waals surface area contributed by atoms with Gasteiger partial charge in [0.2, 0.25) is 0 Å². The molecule has 0 radical (unpaired) electrons. The van der Waals surface area contributed by atoms with Crippen LogP contribution >= 0.6 is 0 Å². The van der Waals surface area contributed by atoms with Crippen molar-refractivity contribution < 1.29 is 31.9 Å². The Hall–Kier alpha value is -5.14. The van der Waals surface area contributed by atoms with Crippen LogP contribution in [-0.4, -0.2) is 37.6 Å². The number of halogens is 3. The molecule has 39 heavy (non-hydrogen) atoms. The Labute approximate surface area is 216 Å². The number of nitrogens with one attached hydrogen (secondary N) is 2. The quantitative estimate of drug-likeness (QED) is 0.309. The lowest BCUT2D eigenvalue weighted by atomic mass is 10.2. The fraction of sp³-hybridized carbons (Fsp3) is 0.160. The van der Waals surface area contributed by atoms with E-state index in [0.717, 1.165) is 16.8 Å². The summed E-state index contributed by atoms with van der Waals surface area (Å²) in [4.78, 5) is 41.6. The number of nitrogens with zero attached hydrogens (tertiary/aromatic N) is 4. The van der Waals surface area contributed by atoms with E-state index in [0.29, 0.717) is 16.7 Å². The van der Waals surface area contributed by atoms with Crippen LogP contribution in [0.4, 0.5) is 13.2 Å². The molecule has 0 aliphatic heterocycles. The summed E-state index contributed by atoms with van der Waals surface area (Å²) < 4.78 is 51.6. The van der Waals surface area contributed by atoms with Crippen molar-refractivity contribution in [2.24, 2.45) is 7.05 Å². The zero-order chi connectivity index (χ0) is 27.7. The molecule has 0 bridgehead atoms. The van der Waals surface area contributed by atoms with E-state index in [1.54, 1.807) is 31.3 Å². The molecule has 5 aromatic rings. The van der Waals surface area contributed by atoms with E-state index in [1.165, 1.54) is 22.8 Å². The lowest BCUT2D eigenvalue weighted by Crippen LogP contribution is -2.28. The lowest BCUT2D eigenvalue weighted by Gasteiger charge is -2.12. The molecule has 0 saturated heterocycles. The largest absolute Gasteiger partial charge is 0.434 e. The fourth-order valence-electron chi connectivity index (χ4n) is 3.90. The minimum atomic E-state index is -3.05. The molecule has 2 N–H and O–H groups in total. The average molecular weight is 540 g/mol. The number of ether oxygens (including phenoxy) is 1. The monoisotopic (exact) mass is 540 g/mol. The van der Waals surface area contributed by atoms with Crippen LogP contribution in [-0.2, 0) is 20.1 Å². The van der Waals surface area contributed by atoms with Crippen molar-refractivity contribution in [1.29, 1.82) is 0 Å². The number of amides is 2. The zero-order valence-electron chi connectivity index (χ0n) is 20.2. The number of fused-ring (bicyclic) bond motifs is 2. The highest BCUT2D eigenvalue weighted by Gasteiger charge is 2.21. The van der Waals surface area contributed by atoms with Gasteiger partial charge in [-0.05, 0) is 23.8 Å². The van der Waals surface area contributed by atoms with Crippen LogP contribution in [0.25, 0.3) is 16.7 Å². The summed E-state index contributed by atoms with van der Waals surface area (Å²) in [5.74, 6) is -2.98. The number of alkyl halides is 2. The van der Waals surface area contributed by atoms with Gasteiger partial charge in [-0.3, -0.25) is 14.2 Å². The molecule has 2 amide bonds. The summed E-state index contributed by atoms with van der Waals surface area (Å²) in [5.41, 5.74) is 1.01. The van der Waals surface area contributed by atoms with Gasteiger partial charge >= 0.3 is 12.4 Å². The Morgan fingerprint density at radius 3 is 2.64 bits per heavy atom. The van der Waals surface area contributed by atoms with Gasteiger partial charge in [0.1, 0.15) is 17.1 Å². The number of para-hydroxylation sites is 1. The third kappa shape index (κ3) is 5.16. The van der Waals surface area contributed by atoms with Crippen LogP contribution in [0.15, 0.2) is 63.9 Å². The van der Waals surface area contributed by atoms with E-state index in [9.17, 15) is 27.6 Å². The topological polar surface area (TPSA) is 133 Å². The highest BCUT2D eigenvalue weighted by molar-refractivity contribution is 5.98. The maximum atomic E-state index is 14.4. The van der Waals surface area contributed by atoms with Crippen molar-refractivity contribution in [2.75, 3.05) is 0 Å². The third-order valence-corrected chi connectivity index (χ3v) is 5.83. The first kappa shape index (κ1) is 25.5. The number of aromatic nitrogens is 4. The van der Waals surface area contributed by atoms with Crippen molar-refractivity contribution >= 4 is 28.6 Å². The summed E-state index contributed by atoms with van der Waals surface area (Å²) >= 11 is 0. The maximum Gasteiger partial charge on any atom is 0.419 e. The first-order valence-electron chi connectivity index (χ1n) is 11.4. The molecule has 14 heteroatoms. The first-order valence-corrected chi connectivity index (χ1v) is 11.4. The maximum absolute atomic E-state index is 14.4. The van der Waals surface area contributed by atoms with Crippen molar-refractivity contribution in [3.05, 3.63) is 93.6 Å². The molecule has 0 atom stereocenters. The van der Waals surface area contributed by atoms with Crippen LogP contribution in [0.2, 0.25) is 0 Å². The van der Waals surface area contributed by atoms with Crippen molar-refractivity contribution in [2.45, 2.75) is 19.7 Å². The third-order valence-electron chi connectivity index (χ3n) is 5.83. The number of benzene rings is 2. The van der Waals surface area contributed by atoms with Crippen LogP contribution in [0.3, 0.4) is 0 Å². The summed E-state index contributed by atoms with van der Waals surface area (Å²) in [6, 6.07) is 12.0. The Kier molecular flexibility index (Phi) is 6.75. The van der Waals surface area contributed by atoms with Crippen molar-refractivity contribution in [3.63, 3.8) is 0 Å². The van der Waals surface area contributed by atoms with Gasteiger partial charge in [0.15, 0.2) is 17.0 Å². The summed E-state index contributed by atoms with van der Waals surface area (Å²) in [7, 11) is 1.55. The SMILES string of the molecule is Cn1c(=O)oc2ccc(CNC(=O)c3cc(C(=O)NCc4ccccc4OC(F)F)n4ncc(F)c4n3)cc21. The second kappa shape index (κ2) is 10.3. The Morgan fingerprint density at radius 1 is 1.08 bits per heavy atom. The van der Waals surface area contributed by atoms with Gasteiger partial charge in [-0.15, -0.1) is 0 Å². The summed E-state index contributed by atoms with van der Waals surface area (Å²) in [5, 5.41) is 8.99. The van der Waals surface area contributed by atoms with Crippen molar-refractivity contribution in [1.82, 2.24) is 29.8 Å². The van der Waals surface area contributed by atoms with Crippen LogP contribution in [0.1, 0.15) is 32.1 Å². The molecule has 2 aromatic carbocycles. The molecule has 11 nitrogen and oxygen atoms in total. The van der Waals surface area contributed by atoms with Gasteiger partial charge in [0.25, 0.3) is 11.8 Å². The number of carbonyl (C=O) groups is 2. The van der Waals surface area contributed by atoms with E-state index in [-0.39, 0.29) is 41.4 Å². The van der Waals surface area contributed by atoms with E-state index < -0.39 is 30.0 Å². The smallest absolute Gasteiger partial charge is 0.419 e. The number of carbonyl (C=O) groups excluding carboxylic acids is 2. The number of oxazole rings is 1. The number of aryl methyl sites for hydroxylation is 1. The molecular weight excluding hydrogens is 521 g/mol. The van der Waals surface area contributed by atoms with Gasteiger partial charge in [-0.1, -0.05) is 24.3 Å². The molecule has 5 rings (SSSR count). The number of hydrogen-bond acceptors (Lipinski definition) is 7. The normalized spacial score (nSPS) is 11.3. The standard InChI is InChI=1S/C25H19F3N6O5/c1-33-17-8-13(6-7-20(17)39-25(33)37)10-29-22(35)16-9-18(34-21(32-16)15(26)12-31-34)23(36)30-11-14-4-2-3-5-19(14)38-24(27)28/h2-9,12,24H,10-11H2,1H3,(H,29,35)(H,30,36). The van der Waals surface area contributed by atoms with E-state index in [4.69, 9.17) is 4.42 Å².